The van der Waals surface area contributed by atoms with Crippen molar-refractivity contribution < 1.29 is 28.0 Å². The lowest BCUT2D eigenvalue weighted by Gasteiger charge is -2.28. The Kier molecular flexibility index (Phi) is 23.1. The van der Waals surface area contributed by atoms with Crippen molar-refractivity contribution in [2.75, 3.05) is 53.7 Å². The number of unbranched alkanes of at least 4 members (excludes halogenated alkanes) is 15. The number of nitrogens with one attached hydrogen (secondary N) is 1. The highest BCUT2D eigenvalue weighted by Gasteiger charge is 2.17. The normalized spacial score (nSPS) is 14.4. The first-order chi connectivity index (χ1) is 17.6. The van der Waals surface area contributed by atoms with E-state index in [1.54, 1.807) is 0 Å². The molecule has 0 aliphatic heterocycles. The van der Waals surface area contributed by atoms with Crippen molar-refractivity contribution in [2.45, 2.75) is 129 Å². The monoisotopic (exact) mass is 548 g/mol. The van der Waals surface area contributed by atoms with Crippen LogP contribution in [0.4, 0.5) is 0 Å². The molecular weight excluding hydrogens is 487 g/mol. The average molecular weight is 549 g/mol. The van der Waals surface area contributed by atoms with Crippen molar-refractivity contribution in [1.29, 1.82) is 0 Å². The summed E-state index contributed by atoms with van der Waals surface area (Å²) in [7, 11) is 2.16. The Morgan fingerprint density at radius 2 is 1.24 bits per heavy atom. The van der Waals surface area contributed by atoms with E-state index in [-0.39, 0.29) is 25.3 Å². The lowest BCUT2D eigenvalue weighted by Crippen LogP contribution is -2.40. The number of rotatable bonds is 27. The molecule has 0 aromatic carbocycles. The Balaban J connectivity index is 3.71. The quantitative estimate of drug-likeness (QED) is 0.0725. The van der Waals surface area contributed by atoms with Gasteiger partial charge in [-0.25, -0.2) is 0 Å². The maximum absolute atomic E-state index is 12.2. The van der Waals surface area contributed by atoms with E-state index in [0.717, 1.165) is 19.4 Å². The van der Waals surface area contributed by atoms with E-state index in [1.807, 2.05) is 21.1 Å². The molecule has 0 spiro atoms. The lowest BCUT2D eigenvalue weighted by molar-refractivity contribution is -0.870. The summed E-state index contributed by atoms with van der Waals surface area (Å²) in [5.74, 6) is -0.217. The topological polar surface area (TPSA) is 87.7 Å². The van der Waals surface area contributed by atoms with Crippen LogP contribution < -0.4 is 10.2 Å². The third-order valence-corrected chi connectivity index (χ3v) is 8.01. The smallest absolute Gasteiger partial charge is 0.217 e. The second-order valence-corrected chi connectivity index (χ2v) is 13.7. The molecule has 0 aliphatic carbocycles. The first kappa shape index (κ1) is 36.5. The molecule has 1 N–H and O–H groups in total. The fourth-order valence-electron chi connectivity index (χ4n) is 4.40. The summed E-state index contributed by atoms with van der Waals surface area (Å²) in [4.78, 5) is 23.7. The van der Waals surface area contributed by atoms with Gasteiger partial charge < -0.3 is 28.5 Å². The van der Waals surface area contributed by atoms with Crippen LogP contribution in [0.2, 0.25) is 0 Å². The Bertz CT molecular complexity index is 583. The van der Waals surface area contributed by atoms with E-state index < -0.39 is 13.6 Å². The minimum absolute atomic E-state index is 0.00929. The molecule has 0 saturated carbocycles. The standard InChI is InChI=1S/C29H61N2O5P/c1-6-7-8-9-10-11-12-13-14-15-16-17-18-19-20-21-24-35-26-29(30-28(2)32)27-36-37(33,34)25-22-23-31(3,4)5/h29H,6-27H2,1-5H3,(H-,30,32,33,34)/t29-/m1/s1. The van der Waals surface area contributed by atoms with E-state index in [2.05, 4.69) is 12.2 Å². The Hall–Kier alpha value is -0.460. The van der Waals surface area contributed by atoms with Gasteiger partial charge in [0.1, 0.15) is 7.60 Å². The molecule has 1 unspecified atom stereocenters. The number of amides is 1. The molecule has 1 amide bonds. The van der Waals surface area contributed by atoms with Crippen LogP contribution in [0.15, 0.2) is 0 Å². The van der Waals surface area contributed by atoms with Crippen LogP contribution in [0.25, 0.3) is 0 Å². The molecule has 2 atom stereocenters. The first-order valence-electron chi connectivity index (χ1n) is 15.2. The number of hydrogen-bond acceptors (Lipinski definition) is 5. The molecule has 8 heteroatoms. The number of ether oxygens (including phenoxy) is 1. The maximum Gasteiger partial charge on any atom is 0.217 e. The maximum atomic E-state index is 12.2. The molecule has 0 aromatic heterocycles. The Morgan fingerprint density at radius 3 is 1.68 bits per heavy atom. The van der Waals surface area contributed by atoms with Gasteiger partial charge in [-0.2, -0.15) is 0 Å². The van der Waals surface area contributed by atoms with Crippen molar-refractivity contribution in [1.82, 2.24) is 5.32 Å². The summed E-state index contributed by atoms with van der Waals surface area (Å²) >= 11 is 0. The van der Waals surface area contributed by atoms with E-state index in [1.165, 1.54) is 96.8 Å². The number of nitrogens with zero attached hydrogens (tertiary/aromatic N) is 1. The van der Waals surface area contributed by atoms with Gasteiger partial charge in [-0.3, -0.25) is 4.79 Å². The molecule has 0 saturated heterocycles. The van der Waals surface area contributed by atoms with Crippen LogP contribution in [0, 0.1) is 0 Å². The second-order valence-electron chi connectivity index (χ2n) is 11.8. The fraction of sp³-hybridized carbons (Fsp3) is 0.966. The van der Waals surface area contributed by atoms with Gasteiger partial charge in [0.05, 0.1) is 46.9 Å². The Morgan fingerprint density at radius 1 is 0.784 bits per heavy atom. The Labute approximate surface area is 229 Å². The van der Waals surface area contributed by atoms with E-state index in [4.69, 9.17) is 9.26 Å². The van der Waals surface area contributed by atoms with Crippen molar-refractivity contribution in [3.05, 3.63) is 0 Å². The highest BCUT2D eigenvalue weighted by molar-refractivity contribution is 7.51. The minimum Gasteiger partial charge on any atom is -0.778 e. The van der Waals surface area contributed by atoms with Crippen LogP contribution in [0.5, 0.6) is 0 Å². The van der Waals surface area contributed by atoms with Crippen molar-refractivity contribution >= 4 is 13.5 Å². The average Bonchev–Trinajstić information content (AvgIpc) is 2.80. The van der Waals surface area contributed by atoms with Crippen LogP contribution in [0.3, 0.4) is 0 Å². The van der Waals surface area contributed by atoms with Gasteiger partial charge in [0.2, 0.25) is 5.91 Å². The summed E-state index contributed by atoms with van der Waals surface area (Å²) in [5.41, 5.74) is 0. The number of quaternary nitrogens is 1. The van der Waals surface area contributed by atoms with Crippen molar-refractivity contribution in [2.24, 2.45) is 0 Å². The van der Waals surface area contributed by atoms with Gasteiger partial charge in [-0.1, -0.05) is 103 Å². The summed E-state index contributed by atoms with van der Waals surface area (Å²) in [6.07, 6.45) is 21.8. The third-order valence-electron chi connectivity index (χ3n) is 6.60. The molecule has 0 bridgehead atoms. The zero-order valence-corrected chi connectivity index (χ0v) is 26.0. The highest BCUT2D eigenvalue weighted by atomic mass is 31.2. The van der Waals surface area contributed by atoms with Crippen LogP contribution in [0.1, 0.15) is 123 Å². The van der Waals surface area contributed by atoms with Gasteiger partial charge in [0, 0.05) is 26.1 Å². The highest BCUT2D eigenvalue weighted by Crippen LogP contribution is 2.37. The van der Waals surface area contributed by atoms with Crippen LogP contribution >= 0.6 is 7.60 Å². The van der Waals surface area contributed by atoms with Gasteiger partial charge in [-0.15, -0.1) is 0 Å². The molecule has 7 nitrogen and oxygen atoms in total. The zero-order chi connectivity index (χ0) is 27.8. The molecule has 0 rings (SSSR count). The third kappa shape index (κ3) is 28.4. The summed E-state index contributed by atoms with van der Waals surface area (Å²) in [6.45, 7) is 5.25. The molecule has 0 aromatic rings. The molecule has 37 heavy (non-hydrogen) atoms. The summed E-state index contributed by atoms with van der Waals surface area (Å²) in [6, 6.07) is -0.459. The number of carbonyl (C=O) groups excluding carboxylic acids is 1. The fourth-order valence-corrected chi connectivity index (χ4v) is 5.47. The van der Waals surface area contributed by atoms with E-state index in [9.17, 15) is 14.3 Å². The molecule has 0 heterocycles. The second kappa shape index (κ2) is 23.4. The summed E-state index contributed by atoms with van der Waals surface area (Å²) < 4.78 is 23.8. The lowest BCUT2D eigenvalue weighted by atomic mass is 10.0. The molecule has 0 radical (unpaired) electrons. The molecule has 222 valence electrons. The molecule has 0 aliphatic rings. The number of carbonyl (C=O) groups is 1. The van der Waals surface area contributed by atoms with E-state index >= 15 is 0 Å². The van der Waals surface area contributed by atoms with Crippen LogP contribution in [-0.4, -0.2) is 70.1 Å². The predicted molar refractivity (Wildman–Crippen MR) is 154 cm³/mol. The van der Waals surface area contributed by atoms with Gasteiger partial charge in [-0.05, 0) is 6.42 Å². The first-order valence-corrected chi connectivity index (χ1v) is 16.9. The minimum atomic E-state index is -3.92. The molecule has 0 fully saturated rings. The van der Waals surface area contributed by atoms with Crippen molar-refractivity contribution in [3.8, 4) is 0 Å². The predicted octanol–water partition coefficient (Wildman–Crippen LogP) is 6.44. The van der Waals surface area contributed by atoms with Gasteiger partial charge in [0.15, 0.2) is 0 Å². The zero-order valence-electron chi connectivity index (χ0n) is 25.1. The largest absolute Gasteiger partial charge is 0.778 e. The van der Waals surface area contributed by atoms with Crippen LogP contribution in [-0.2, 0) is 18.6 Å². The summed E-state index contributed by atoms with van der Waals surface area (Å²) in [5, 5.41) is 2.74. The van der Waals surface area contributed by atoms with Crippen molar-refractivity contribution in [3.63, 3.8) is 0 Å². The van der Waals surface area contributed by atoms with Gasteiger partial charge >= 0.3 is 0 Å². The van der Waals surface area contributed by atoms with Gasteiger partial charge in [0.25, 0.3) is 0 Å². The van der Waals surface area contributed by atoms with E-state index in [0.29, 0.717) is 17.5 Å². The number of hydrogen-bond donors (Lipinski definition) is 1. The SMILES string of the molecule is CCCCCCCCCCCCCCCCCCOC[C@H](COP(=O)([O-])CCC[N+](C)(C)C)NC(C)=O. The molecular formula is C29H61N2O5P.